The molecule has 0 fully saturated rings. The summed E-state index contributed by atoms with van der Waals surface area (Å²) < 4.78 is 13.4. The van der Waals surface area contributed by atoms with Gasteiger partial charge in [0, 0.05) is 6.04 Å². The van der Waals surface area contributed by atoms with Crippen LogP contribution in [0, 0.1) is 11.7 Å². The van der Waals surface area contributed by atoms with Gasteiger partial charge in [-0.1, -0.05) is 17.7 Å². The van der Waals surface area contributed by atoms with Crippen molar-refractivity contribution in [2.24, 2.45) is 5.92 Å². The number of carboxylic acids is 1. The lowest BCUT2D eigenvalue weighted by Crippen LogP contribution is -2.30. The fourth-order valence-electron chi connectivity index (χ4n) is 1.20. The SMILES string of the molecule is CC(Nc1c(F)cccc1Cl)C(C)C(=O)O. The number of halogens is 2. The summed E-state index contributed by atoms with van der Waals surface area (Å²) in [6.45, 7) is 3.22. The number of hydrogen-bond acceptors (Lipinski definition) is 2. The topological polar surface area (TPSA) is 49.3 Å². The van der Waals surface area contributed by atoms with Crippen LogP contribution >= 0.6 is 11.6 Å². The van der Waals surface area contributed by atoms with Gasteiger partial charge in [0.25, 0.3) is 0 Å². The minimum Gasteiger partial charge on any atom is -0.481 e. The fourth-order valence-corrected chi connectivity index (χ4v) is 1.42. The Labute approximate surface area is 98.2 Å². The van der Waals surface area contributed by atoms with E-state index in [1.54, 1.807) is 19.9 Å². The molecule has 3 nitrogen and oxygen atoms in total. The highest BCUT2D eigenvalue weighted by Gasteiger charge is 2.20. The number of nitrogens with one attached hydrogen (secondary N) is 1. The average molecular weight is 246 g/mol. The van der Waals surface area contributed by atoms with E-state index in [1.165, 1.54) is 12.1 Å². The Morgan fingerprint density at radius 3 is 2.62 bits per heavy atom. The van der Waals surface area contributed by atoms with Crippen LogP contribution in [-0.4, -0.2) is 17.1 Å². The number of hydrogen-bond donors (Lipinski definition) is 2. The molecule has 16 heavy (non-hydrogen) atoms. The van der Waals surface area contributed by atoms with Crippen molar-refractivity contribution in [1.29, 1.82) is 0 Å². The van der Waals surface area contributed by atoms with Gasteiger partial charge < -0.3 is 10.4 Å². The Balaban J connectivity index is 2.84. The van der Waals surface area contributed by atoms with Crippen LogP contribution < -0.4 is 5.32 Å². The summed E-state index contributed by atoms with van der Waals surface area (Å²) in [6, 6.07) is 3.90. The standard InChI is InChI=1S/C11H13ClFNO2/c1-6(11(15)16)7(2)14-10-8(12)4-3-5-9(10)13/h3-7,14H,1-2H3,(H,15,16). The summed E-state index contributed by atoms with van der Waals surface area (Å²) in [5, 5.41) is 11.8. The molecule has 0 aliphatic heterocycles. The van der Waals surface area contributed by atoms with Gasteiger partial charge in [-0.25, -0.2) is 4.39 Å². The van der Waals surface area contributed by atoms with Crippen LogP contribution in [0.5, 0.6) is 0 Å². The van der Waals surface area contributed by atoms with Crippen molar-refractivity contribution in [2.75, 3.05) is 5.32 Å². The van der Waals surface area contributed by atoms with Crippen LogP contribution in [0.1, 0.15) is 13.8 Å². The van der Waals surface area contributed by atoms with Crippen molar-refractivity contribution in [2.45, 2.75) is 19.9 Å². The van der Waals surface area contributed by atoms with Crippen LogP contribution in [-0.2, 0) is 4.79 Å². The molecule has 1 rings (SSSR count). The Bertz CT molecular complexity index is 377. The highest BCUT2D eigenvalue weighted by molar-refractivity contribution is 6.33. The van der Waals surface area contributed by atoms with Gasteiger partial charge in [0.2, 0.25) is 0 Å². The Morgan fingerprint density at radius 2 is 2.12 bits per heavy atom. The minimum atomic E-state index is -0.938. The van der Waals surface area contributed by atoms with Crippen LogP contribution in [0.15, 0.2) is 18.2 Å². The van der Waals surface area contributed by atoms with E-state index < -0.39 is 23.7 Å². The number of carbonyl (C=O) groups is 1. The molecule has 0 amide bonds. The molecule has 5 heteroatoms. The Morgan fingerprint density at radius 1 is 1.50 bits per heavy atom. The van der Waals surface area contributed by atoms with Gasteiger partial charge in [-0.3, -0.25) is 4.79 Å². The molecule has 0 saturated heterocycles. The second-order valence-electron chi connectivity index (χ2n) is 3.66. The largest absolute Gasteiger partial charge is 0.481 e. The van der Waals surface area contributed by atoms with E-state index >= 15 is 0 Å². The van der Waals surface area contributed by atoms with Gasteiger partial charge >= 0.3 is 5.97 Å². The molecule has 2 atom stereocenters. The quantitative estimate of drug-likeness (QED) is 0.857. The lowest BCUT2D eigenvalue weighted by atomic mass is 10.0. The van der Waals surface area contributed by atoms with Gasteiger partial charge in [0.15, 0.2) is 0 Å². The van der Waals surface area contributed by atoms with Crippen LogP contribution in [0.4, 0.5) is 10.1 Å². The number of para-hydroxylation sites is 1. The molecular formula is C11H13ClFNO2. The zero-order valence-electron chi connectivity index (χ0n) is 9.00. The molecule has 0 aliphatic rings. The summed E-state index contributed by atoms with van der Waals surface area (Å²) >= 11 is 5.81. The lowest BCUT2D eigenvalue weighted by molar-refractivity contribution is -0.141. The maximum Gasteiger partial charge on any atom is 0.308 e. The lowest BCUT2D eigenvalue weighted by Gasteiger charge is -2.20. The molecule has 2 unspecified atom stereocenters. The van der Waals surface area contributed by atoms with Gasteiger partial charge in [-0.2, -0.15) is 0 Å². The first-order valence-corrected chi connectivity index (χ1v) is 5.24. The zero-order valence-corrected chi connectivity index (χ0v) is 9.75. The number of anilines is 1. The van der Waals surface area contributed by atoms with Gasteiger partial charge in [-0.15, -0.1) is 0 Å². The third kappa shape index (κ3) is 2.85. The maximum atomic E-state index is 13.4. The minimum absolute atomic E-state index is 0.143. The van der Waals surface area contributed by atoms with Gasteiger partial charge in [0.1, 0.15) is 5.82 Å². The number of carboxylic acid groups (broad SMARTS) is 1. The Kier molecular flexibility index (Phi) is 4.12. The summed E-state index contributed by atoms with van der Waals surface area (Å²) in [7, 11) is 0. The summed E-state index contributed by atoms with van der Waals surface area (Å²) in [6.07, 6.45) is 0. The molecular weight excluding hydrogens is 233 g/mol. The summed E-state index contributed by atoms with van der Waals surface area (Å²) in [5.74, 6) is -2.06. The van der Waals surface area contributed by atoms with Crippen molar-refractivity contribution < 1.29 is 14.3 Å². The predicted molar refractivity (Wildman–Crippen MR) is 61.3 cm³/mol. The molecule has 1 aromatic rings. The first kappa shape index (κ1) is 12.8. The molecule has 2 N–H and O–H groups in total. The first-order chi connectivity index (χ1) is 7.43. The summed E-state index contributed by atoms with van der Waals surface area (Å²) in [4.78, 5) is 10.7. The van der Waals surface area contributed by atoms with E-state index in [1.807, 2.05) is 0 Å². The molecule has 1 aromatic carbocycles. The molecule has 0 spiro atoms. The molecule has 0 bridgehead atoms. The van der Waals surface area contributed by atoms with Crippen LogP contribution in [0.25, 0.3) is 0 Å². The van der Waals surface area contributed by atoms with E-state index in [2.05, 4.69) is 5.32 Å². The number of aliphatic carboxylic acids is 1. The monoisotopic (exact) mass is 245 g/mol. The van der Waals surface area contributed by atoms with Gasteiger partial charge in [-0.05, 0) is 26.0 Å². The van der Waals surface area contributed by atoms with Crippen molar-refractivity contribution in [3.63, 3.8) is 0 Å². The predicted octanol–water partition coefficient (Wildman–Crippen LogP) is 3.00. The number of benzene rings is 1. The van der Waals surface area contributed by atoms with Crippen molar-refractivity contribution in [1.82, 2.24) is 0 Å². The molecule has 0 aromatic heterocycles. The smallest absolute Gasteiger partial charge is 0.308 e. The molecule has 0 heterocycles. The van der Waals surface area contributed by atoms with E-state index in [0.29, 0.717) is 0 Å². The van der Waals surface area contributed by atoms with E-state index in [9.17, 15) is 9.18 Å². The van der Waals surface area contributed by atoms with E-state index in [4.69, 9.17) is 16.7 Å². The highest BCUT2D eigenvalue weighted by Crippen LogP contribution is 2.26. The van der Waals surface area contributed by atoms with E-state index in [0.717, 1.165) is 0 Å². The second kappa shape index (κ2) is 5.16. The fraction of sp³-hybridized carbons (Fsp3) is 0.364. The molecule has 0 radical (unpaired) electrons. The third-order valence-electron chi connectivity index (χ3n) is 2.47. The Hall–Kier alpha value is -1.29. The zero-order chi connectivity index (χ0) is 12.3. The van der Waals surface area contributed by atoms with Crippen LogP contribution in [0.2, 0.25) is 5.02 Å². The highest BCUT2D eigenvalue weighted by atomic mass is 35.5. The van der Waals surface area contributed by atoms with Crippen molar-refractivity contribution >= 4 is 23.3 Å². The molecule has 0 aliphatic carbocycles. The van der Waals surface area contributed by atoms with Crippen molar-refractivity contribution in [3.05, 3.63) is 29.0 Å². The third-order valence-corrected chi connectivity index (χ3v) is 2.79. The molecule has 88 valence electrons. The first-order valence-electron chi connectivity index (χ1n) is 4.87. The molecule has 0 saturated carbocycles. The second-order valence-corrected chi connectivity index (χ2v) is 4.06. The summed E-state index contributed by atoms with van der Waals surface area (Å²) in [5.41, 5.74) is 0.143. The maximum absolute atomic E-state index is 13.4. The average Bonchev–Trinajstić information content (AvgIpc) is 2.22. The number of rotatable bonds is 4. The van der Waals surface area contributed by atoms with E-state index in [-0.39, 0.29) is 10.7 Å². The van der Waals surface area contributed by atoms with Gasteiger partial charge in [0.05, 0.1) is 16.6 Å². The van der Waals surface area contributed by atoms with Crippen molar-refractivity contribution in [3.8, 4) is 0 Å². The normalized spacial score (nSPS) is 14.2. The van der Waals surface area contributed by atoms with Crippen LogP contribution in [0.3, 0.4) is 0 Å².